The number of benzene rings is 1. The lowest BCUT2D eigenvalue weighted by Gasteiger charge is -2.32. The highest BCUT2D eigenvalue weighted by Crippen LogP contribution is 2.28. The van der Waals surface area contributed by atoms with Crippen molar-refractivity contribution in [3.63, 3.8) is 0 Å². The van der Waals surface area contributed by atoms with Crippen LogP contribution in [0.15, 0.2) is 18.2 Å². The van der Waals surface area contributed by atoms with Crippen LogP contribution in [0.2, 0.25) is 0 Å². The van der Waals surface area contributed by atoms with Crippen LogP contribution in [-0.4, -0.2) is 37.2 Å². The number of nitrogens with one attached hydrogen (secondary N) is 1. The molecule has 1 heterocycles. The lowest BCUT2D eigenvalue weighted by molar-refractivity contribution is 0.190. The zero-order valence-corrected chi connectivity index (χ0v) is 14.7. The molecule has 0 spiro atoms. The summed E-state index contributed by atoms with van der Waals surface area (Å²) in [6.45, 7) is 6.59. The zero-order chi connectivity index (χ0) is 15.4. The van der Waals surface area contributed by atoms with E-state index in [1.54, 1.807) is 12.1 Å². The Morgan fingerprint density at radius 3 is 2.57 bits per heavy atom. The van der Waals surface area contributed by atoms with E-state index in [1.807, 2.05) is 13.0 Å². The van der Waals surface area contributed by atoms with Gasteiger partial charge in [-0.1, -0.05) is 6.07 Å². The van der Waals surface area contributed by atoms with Gasteiger partial charge < -0.3 is 10.1 Å². The summed E-state index contributed by atoms with van der Waals surface area (Å²) >= 11 is 0. The van der Waals surface area contributed by atoms with Gasteiger partial charge in [0.05, 0.1) is 6.61 Å². The summed E-state index contributed by atoms with van der Waals surface area (Å²) in [5.74, 6) is 1.06. The van der Waals surface area contributed by atoms with Crippen molar-refractivity contribution in [1.82, 2.24) is 10.2 Å². The smallest absolute Gasteiger partial charge is 0.165 e. The van der Waals surface area contributed by atoms with Crippen LogP contribution in [0.1, 0.15) is 38.2 Å². The first-order valence-electron chi connectivity index (χ1n) is 8.61. The molecule has 2 fully saturated rings. The second-order valence-corrected chi connectivity index (χ2v) is 6.60. The summed E-state index contributed by atoms with van der Waals surface area (Å²) in [7, 11) is 0. The minimum absolute atomic E-state index is 0. The van der Waals surface area contributed by atoms with Crippen LogP contribution >= 0.6 is 12.4 Å². The largest absolute Gasteiger partial charge is 0.491 e. The molecule has 1 N–H and O–H groups in total. The number of nitrogens with zero attached hydrogens (tertiary/aromatic N) is 1. The number of halogens is 2. The molecular weight excluding hydrogens is 315 g/mol. The minimum Gasteiger partial charge on any atom is -0.491 e. The SMILES string of the molecule is CCOc1ccc(CN2CCC(NCC3CC3)CC2)cc1F.Cl. The van der Waals surface area contributed by atoms with Crippen molar-refractivity contribution in [3.8, 4) is 5.75 Å². The normalized spacial score (nSPS) is 19.4. The molecule has 3 nitrogen and oxygen atoms in total. The number of hydrogen-bond donors (Lipinski definition) is 1. The topological polar surface area (TPSA) is 24.5 Å². The van der Waals surface area contributed by atoms with Crippen LogP contribution in [0.3, 0.4) is 0 Å². The van der Waals surface area contributed by atoms with E-state index in [9.17, 15) is 4.39 Å². The number of ether oxygens (including phenoxy) is 1. The monoisotopic (exact) mass is 342 g/mol. The quantitative estimate of drug-likeness (QED) is 0.819. The summed E-state index contributed by atoms with van der Waals surface area (Å²) in [4.78, 5) is 2.42. The molecule has 1 aliphatic heterocycles. The fraction of sp³-hybridized carbons (Fsp3) is 0.667. The van der Waals surface area contributed by atoms with Crippen molar-refractivity contribution < 1.29 is 9.13 Å². The Labute approximate surface area is 145 Å². The standard InChI is InChI=1S/C18H27FN2O.ClH/c1-2-22-18-6-5-15(11-17(18)19)13-21-9-7-16(8-10-21)20-12-14-3-4-14;/h5-6,11,14,16,20H,2-4,7-10,12-13H2,1H3;1H. The van der Waals surface area contributed by atoms with Crippen molar-refractivity contribution in [2.45, 2.75) is 45.2 Å². The van der Waals surface area contributed by atoms with E-state index in [0.717, 1.165) is 31.1 Å². The summed E-state index contributed by atoms with van der Waals surface area (Å²) in [6, 6.07) is 6.01. The van der Waals surface area contributed by atoms with Crippen molar-refractivity contribution in [3.05, 3.63) is 29.6 Å². The predicted octanol–water partition coefficient (Wildman–Crippen LogP) is 3.61. The van der Waals surface area contributed by atoms with Crippen molar-refractivity contribution in [1.29, 1.82) is 0 Å². The molecule has 0 bridgehead atoms. The first-order chi connectivity index (χ1) is 10.7. The second kappa shape index (κ2) is 8.86. The Morgan fingerprint density at radius 2 is 1.96 bits per heavy atom. The minimum atomic E-state index is -0.250. The first kappa shape index (κ1) is 18.5. The molecule has 0 amide bonds. The van der Waals surface area contributed by atoms with Crippen LogP contribution in [0, 0.1) is 11.7 Å². The molecule has 130 valence electrons. The molecular formula is C18H28ClFN2O. The Balaban J connectivity index is 0.00000192. The van der Waals surface area contributed by atoms with Gasteiger partial charge in [-0.3, -0.25) is 4.90 Å². The summed E-state index contributed by atoms with van der Waals surface area (Å²) in [5.41, 5.74) is 1.03. The average Bonchev–Trinajstić information content (AvgIpc) is 3.34. The Morgan fingerprint density at radius 1 is 1.22 bits per heavy atom. The van der Waals surface area contributed by atoms with Crippen molar-refractivity contribution >= 4 is 12.4 Å². The van der Waals surface area contributed by atoms with Gasteiger partial charge in [-0.2, -0.15) is 0 Å². The predicted molar refractivity (Wildman–Crippen MR) is 93.8 cm³/mol. The highest BCUT2D eigenvalue weighted by Gasteiger charge is 2.24. The molecule has 0 atom stereocenters. The molecule has 1 aromatic carbocycles. The third-order valence-corrected chi connectivity index (χ3v) is 4.68. The average molecular weight is 343 g/mol. The Kier molecular flexibility index (Phi) is 7.12. The van der Waals surface area contributed by atoms with Crippen LogP contribution in [-0.2, 0) is 6.54 Å². The number of hydrogen-bond acceptors (Lipinski definition) is 3. The van der Waals surface area contributed by atoms with Crippen LogP contribution in [0.25, 0.3) is 0 Å². The highest BCUT2D eigenvalue weighted by atomic mass is 35.5. The Hall–Kier alpha value is -0.840. The second-order valence-electron chi connectivity index (χ2n) is 6.60. The van der Waals surface area contributed by atoms with Gasteiger partial charge in [0.2, 0.25) is 0 Å². The number of rotatable bonds is 7. The third kappa shape index (κ3) is 5.63. The molecule has 0 unspecified atom stereocenters. The molecule has 5 heteroatoms. The molecule has 0 radical (unpaired) electrons. The van der Waals surface area contributed by atoms with E-state index in [4.69, 9.17) is 4.74 Å². The lowest BCUT2D eigenvalue weighted by Crippen LogP contribution is -2.42. The van der Waals surface area contributed by atoms with E-state index in [2.05, 4.69) is 10.2 Å². The van der Waals surface area contributed by atoms with Gasteiger partial charge in [-0.25, -0.2) is 4.39 Å². The fourth-order valence-electron chi connectivity index (χ4n) is 3.12. The Bertz CT molecular complexity index is 488. The lowest BCUT2D eigenvalue weighted by atomic mass is 10.0. The van der Waals surface area contributed by atoms with Crippen LogP contribution in [0.4, 0.5) is 4.39 Å². The summed E-state index contributed by atoms with van der Waals surface area (Å²) < 4.78 is 19.1. The van der Waals surface area contributed by atoms with E-state index >= 15 is 0 Å². The molecule has 23 heavy (non-hydrogen) atoms. The van der Waals surface area contributed by atoms with Crippen LogP contribution < -0.4 is 10.1 Å². The number of piperidine rings is 1. The van der Waals surface area contributed by atoms with E-state index < -0.39 is 0 Å². The van der Waals surface area contributed by atoms with Gasteiger partial charge >= 0.3 is 0 Å². The van der Waals surface area contributed by atoms with E-state index in [0.29, 0.717) is 18.4 Å². The summed E-state index contributed by atoms with van der Waals surface area (Å²) in [5, 5.41) is 3.70. The van der Waals surface area contributed by atoms with Crippen LogP contribution in [0.5, 0.6) is 5.75 Å². The van der Waals surface area contributed by atoms with Crippen molar-refractivity contribution in [2.75, 3.05) is 26.2 Å². The van der Waals surface area contributed by atoms with Gasteiger partial charge in [0, 0.05) is 12.6 Å². The fourth-order valence-corrected chi connectivity index (χ4v) is 3.12. The van der Waals surface area contributed by atoms with E-state index in [1.165, 1.54) is 32.2 Å². The highest BCUT2D eigenvalue weighted by molar-refractivity contribution is 5.85. The van der Waals surface area contributed by atoms with Gasteiger partial charge in [-0.15, -0.1) is 12.4 Å². The molecule has 2 aliphatic rings. The maximum atomic E-state index is 13.9. The van der Waals surface area contributed by atoms with Gasteiger partial charge in [0.25, 0.3) is 0 Å². The molecule has 0 aromatic heterocycles. The third-order valence-electron chi connectivity index (χ3n) is 4.68. The zero-order valence-electron chi connectivity index (χ0n) is 13.9. The molecule has 3 rings (SSSR count). The number of likely N-dealkylation sites (tertiary alicyclic amines) is 1. The van der Waals surface area contributed by atoms with Gasteiger partial charge in [0.15, 0.2) is 11.6 Å². The van der Waals surface area contributed by atoms with Gasteiger partial charge in [-0.05, 0) is 75.9 Å². The molecule has 1 aromatic rings. The van der Waals surface area contributed by atoms with Crippen molar-refractivity contribution in [2.24, 2.45) is 5.92 Å². The van der Waals surface area contributed by atoms with Gasteiger partial charge in [0.1, 0.15) is 0 Å². The molecule has 1 saturated carbocycles. The maximum Gasteiger partial charge on any atom is 0.165 e. The molecule has 1 saturated heterocycles. The molecule has 1 aliphatic carbocycles. The first-order valence-corrected chi connectivity index (χ1v) is 8.61. The van der Waals surface area contributed by atoms with E-state index in [-0.39, 0.29) is 18.2 Å². The maximum absolute atomic E-state index is 13.9. The summed E-state index contributed by atoms with van der Waals surface area (Å²) in [6.07, 6.45) is 5.22.